The Morgan fingerprint density at radius 2 is 1.83 bits per heavy atom. The number of nitrogens with one attached hydrogen (secondary N) is 2. The van der Waals surface area contributed by atoms with Crippen LogP contribution in [0.25, 0.3) is 0 Å². The zero-order valence-electron chi connectivity index (χ0n) is 13.4. The summed E-state index contributed by atoms with van der Waals surface area (Å²) >= 11 is 6.05. The Kier molecular flexibility index (Phi) is 5.99. The number of carbonyl (C=O) groups excluding carboxylic acids is 1. The highest BCUT2D eigenvalue weighted by Gasteiger charge is 2.17. The first kappa shape index (κ1) is 18.4. The fourth-order valence-electron chi connectivity index (χ4n) is 2.10. The second-order valence-corrected chi connectivity index (χ2v) is 7.70. The molecule has 0 radical (unpaired) electrons. The van der Waals surface area contributed by atoms with Crippen molar-refractivity contribution in [3.05, 3.63) is 64.7 Å². The smallest absolute Gasteiger partial charge is 0.251 e. The summed E-state index contributed by atoms with van der Waals surface area (Å²) < 4.78 is 26.9. The van der Waals surface area contributed by atoms with Gasteiger partial charge < -0.3 is 5.32 Å². The third kappa shape index (κ3) is 4.80. The Hall–Kier alpha value is -1.89. The summed E-state index contributed by atoms with van der Waals surface area (Å²) in [7, 11) is -3.64. The van der Waals surface area contributed by atoms with E-state index >= 15 is 0 Å². The van der Waals surface area contributed by atoms with Crippen molar-refractivity contribution < 1.29 is 13.2 Å². The average Bonchev–Trinajstić information content (AvgIpc) is 2.53. The van der Waals surface area contributed by atoms with Crippen molar-refractivity contribution in [2.45, 2.75) is 31.3 Å². The van der Waals surface area contributed by atoms with Gasteiger partial charge in [-0.05, 0) is 43.7 Å². The van der Waals surface area contributed by atoms with Gasteiger partial charge >= 0.3 is 0 Å². The Labute approximate surface area is 147 Å². The largest absolute Gasteiger partial charge is 0.348 e. The molecule has 0 aromatic heterocycles. The number of hydrogen-bond acceptors (Lipinski definition) is 3. The van der Waals surface area contributed by atoms with Crippen LogP contribution in [-0.2, 0) is 16.6 Å². The molecule has 2 N–H and O–H groups in total. The molecule has 7 heteroatoms. The molecule has 0 saturated carbocycles. The topological polar surface area (TPSA) is 75.3 Å². The van der Waals surface area contributed by atoms with Crippen LogP contribution in [0.3, 0.4) is 0 Å². The van der Waals surface area contributed by atoms with E-state index in [9.17, 15) is 13.2 Å². The van der Waals surface area contributed by atoms with E-state index in [0.29, 0.717) is 5.02 Å². The summed E-state index contributed by atoms with van der Waals surface area (Å²) in [5.41, 5.74) is 1.06. The second-order valence-electron chi connectivity index (χ2n) is 5.58. The number of amides is 1. The molecule has 0 heterocycles. The molecule has 2 aromatic carbocycles. The standard InChI is InChI=1S/C17H19ClN2O3S/c1-12(2)20-24(22,23)15-8-5-7-13(10-15)17(21)19-11-14-6-3-4-9-16(14)18/h3-10,12,20H,11H2,1-2H3,(H,19,21). The van der Waals surface area contributed by atoms with Crippen LogP contribution in [0.15, 0.2) is 53.4 Å². The number of halogens is 1. The number of hydrogen-bond donors (Lipinski definition) is 2. The van der Waals surface area contributed by atoms with Crippen LogP contribution in [0.2, 0.25) is 5.02 Å². The van der Waals surface area contributed by atoms with E-state index in [1.807, 2.05) is 18.2 Å². The van der Waals surface area contributed by atoms with Gasteiger partial charge in [0.2, 0.25) is 10.0 Å². The van der Waals surface area contributed by atoms with Gasteiger partial charge in [0.25, 0.3) is 5.91 Å². The van der Waals surface area contributed by atoms with Crippen molar-refractivity contribution in [2.24, 2.45) is 0 Å². The van der Waals surface area contributed by atoms with Crippen LogP contribution in [0.4, 0.5) is 0 Å². The molecule has 0 aliphatic heterocycles. The van der Waals surface area contributed by atoms with Crippen molar-refractivity contribution in [3.63, 3.8) is 0 Å². The molecular formula is C17H19ClN2O3S. The second kappa shape index (κ2) is 7.79. The fraction of sp³-hybridized carbons (Fsp3) is 0.235. The highest BCUT2D eigenvalue weighted by Crippen LogP contribution is 2.15. The quantitative estimate of drug-likeness (QED) is 0.825. The molecule has 0 saturated heterocycles. The van der Waals surface area contributed by atoms with Crippen LogP contribution in [0.1, 0.15) is 29.8 Å². The number of benzene rings is 2. The molecule has 0 unspecified atom stereocenters. The molecule has 0 aliphatic carbocycles. The van der Waals surface area contributed by atoms with E-state index in [0.717, 1.165) is 5.56 Å². The Morgan fingerprint density at radius 3 is 2.50 bits per heavy atom. The Bertz CT molecular complexity index is 835. The predicted octanol–water partition coefficient (Wildman–Crippen LogP) is 2.96. The van der Waals surface area contributed by atoms with E-state index in [4.69, 9.17) is 11.6 Å². The van der Waals surface area contributed by atoms with Gasteiger partial charge in [0.05, 0.1) is 4.90 Å². The van der Waals surface area contributed by atoms with Gasteiger partial charge in [-0.25, -0.2) is 13.1 Å². The predicted molar refractivity (Wildman–Crippen MR) is 94.5 cm³/mol. The number of carbonyl (C=O) groups is 1. The molecule has 0 bridgehead atoms. The third-order valence-electron chi connectivity index (χ3n) is 3.19. The van der Waals surface area contributed by atoms with E-state index in [1.54, 1.807) is 32.0 Å². The maximum absolute atomic E-state index is 12.3. The maximum atomic E-state index is 12.3. The lowest BCUT2D eigenvalue weighted by molar-refractivity contribution is 0.0950. The maximum Gasteiger partial charge on any atom is 0.251 e. The van der Waals surface area contributed by atoms with Crippen molar-refractivity contribution >= 4 is 27.5 Å². The van der Waals surface area contributed by atoms with Crippen molar-refractivity contribution in [2.75, 3.05) is 0 Å². The first-order valence-corrected chi connectivity index (χ1v) is 9.30. The highest BCUT2D eigenvalue weighted by atomic mass is 35.5. The summed E-state index contributed by atoms with van der Waals surface area (Å²) in [6.45, 7) is 3.73. The normalized spacial score (nSPS) is 11.5. The highest BCUT2D eigenvalue weighted by molar-refractivity contribution is 7.89. The van der Waals surface area contributed by atoms with Gasteiger partial charge in [-0.15, -0.1) is 0 Å². The van der Waals surface area contributed by atoms with Crippen LogP contribution < -0.4 is 10.0 Å². The van der Waals surface area contributed by atoms with Gasteiger partial charge in [0.15, 0.2) is 0 Å². The first-order valence-electron chi connectivity index (χ1n) is 7.43. The average molecular weight is 367 g/mol. The van der Waals surface area contributed by atoms with E-state index < -0.39 is 10.0 Å². The van der Waals surface area contributed by atoms with Gasteiger partial charge in [0.1, 0.15) is 0 Å². The van der Waals surface area contributed by atoms with Crippen molar-refractivity contribution in [3.8, 4) is 0 Å². The summed E-state index contributed by atoms with van der Waals surface area (Å²) in [6.07, 6.45) is 0. The SMILES string of the molecule is CC(C)NS(=O)(=O)c1cccc(C(=O)NCc2ccccc2Cl)c1. The van der Waals surface area contributed by atoms with Crippen LogP contribution in [0, 0.1) is 0 Å². The molecule has 24 heavy (non-hydrogen) atoms. The third-order valence-corrected chi connectivity index (χ3v) is 5.22. The molecule has 128 valence electrons. The molecule has 0 aliphatic rings. The molecule has 2 rings (SSSR count). The minimum atomic E-state index is -3.64. The van der Waals surface area contributed by atoms with Crippen LogP contribution >= 0.6 is 11.6 Å². The monoisotopic (exact) mass is 366 g/mol. The first-order chi connectivity index (χ1) is 11.3. The minimum Gasteiger partial charge on any atom is -0.348 e. The lowest BCUT2D eigenvalue weighted by Gasteiger charge is -2.11. The lowest BCUT2D eigenvalue weighted by Crippen LogP contribution is -2.30. The van der Waals surface area contributed by atoms with E-state index in [1.165, 1.54) is 12.1 Å². The number of rotatable bonds is 6. The Morgan fingerprint density at radius 1 is 1.12 bits per heavy atom. The zero-order valence-corrected chi connectivity index (χ0v) is 15.0. The summed E-state index contributed by atoms with van der Waals surface area (Å²) in [6, 6.07) is 12.9. The molecule has 0 fully saturated rings. The van der Waals surface area contributed by atoms with Crippen molar-refractivity contribution in [1.82, 2.24) is 10.0 Å². The van der Waals surface area contributed by atoms with Gasteiger partial charge in [0, 0.05) is 23.2 Å². The van der Waals surface area contributed by atoms with Crippen molar-refractivity contribution in [1.29, 1.82) is 0 Å². The summed E-state index contributed by atoms with van der Waals surface area (Å²) in [5, 5.41) is 3.30. The zero-order chi connectivity index (χ0) is 17.7. The van der Waals surface area contributed by atoms with E-state index in [-0.39, 0.29) is 29.0 Å². The molecular weight excluding hydrogens is 348 g/mol. The molecule has 1 amide bonds. The van der Waals surface area contributed by atoms with Gasteiger partial charge in [-0.2, -0.15) is 0 Å². The van der Waals surface area contributed by atoms with Crippen LogP contribution in [0.5, 0.6) is 0 Å². The van der Waals surface area contributed by atoms with Crippen LogP contribution in [-0.4, -0.2) is 20.4 Å². The fourth-order valence-corrected chi connectivity index (χ4v) is 3.60. The van der Waals surface area contributed by atoms with E-state index in [2.05, 4.69) is 10.0 Å². The molecule has 5 nitrogen and oxygen atoms in total. The number of sulfonamides is 1. The minimum absolute atomic E-state index is 0.0570. The van der Waals surface area contributed by atoms with Gasteiger partial charge in [-0.1, -0.05) is 35.9 Å². The summed E-state index contributed by atoms with van der Waals surface area (Å²) in [4.78, 5) is 12.3. The summed E-state index contributed by atoms with van der Waals surface area (Å²) in [5.74, 6) is -0.364. The molecule has 0 spiro atoms. The van der Waals surface area contributed by atoms with Gasteiger partial charge in [-0.3, -0.25) is 4.79 Å². The lowest BCUT2D eigenvalue weighted by atomic mass is 10.2. The Balaban J connectivity index is 2.13. The molecule has 2 aromatic rings. The molecule has 0 atom stereocenters.